The van der Waals surface area contributed by atoms with Crippen LogP contribution < -0.4 is 5.32 Å². The summed E-state index contributed by atoms with van der Waals surface area (Å²) in [7, 11) is 2.17. The summed E-state index contributed by atoms with van der Waals surface area (Å²) in [5.74, 6) is 0. The van der Waals surface area contributed by atoms with Gasteiger partial charge in [-0.15, -0.1) is 11.3 Å². The SMILES string of the molecule is C[C@@H]1c2cccn2-c2sc3c(c2CN1C(=O)Nc1ccccc1Cl)CCN(C)C3. The Morgan fingerprint density at radius 2 is 2.00 bits per heavy atom. The van der Waals surface area contributed by atoms with Crippen molar-refractivity contribution in [3.05, 3.63) is 69.3 Å². The van der Waals surface area contributed by atoms with E-state index in [1.807, 2.05) is 34.4 Å². The van der Waals surface area contributed by atoms with E-state index < -0.39 is 0 Å². The molecule has 0 saturated carbocycles. The molecule has 150 valence electrons. The smallest absolute Gasteiger partial charge is 0.312 e. The summed E-state index contributed by atoms with van der Waals surface area (Å²) in [4.78, 5) is 19.0. The van der Waals surface area contributed by atoms with E-state index in [0.717, 1.165) is 25.2 Å². The Hall–Kier alpha value is -2.28. The van der Waals surface area contributed by atoms with E-state index in [2.05, 4.69) is 47.1 Å². The Balaban J connectivity index is 1.56. The second-order valence-electron chi connectivity index (χ2n) is 7.79. The summed E-state index contributed by atoms with van der Waals surface area (Å²) in [6.07, 6.45) is 3.15. The summed E-state index contributed by atoms with van der Waals surface area (Å²) >= 11 is 8.14. The number of hydrogen-bond acceptors (Lipinski definition) is 3. The number of hydrogen-bond donors (Lipinski definition) is 1. The molecule has 0 spiro atoms. The third-order valence-electron chi connectivity index (χ3n) is 5.94. The molecular formula is C22H23ClN4OS. The maximum absolute atomic E-state index is 13.3. The Labute approximate surface area is 179 Å². The number of nitrogens with one attached hydrogen (secondary N) is 1. The van der Waals surface area contributed by atoms with Crippen LogP contribution in [-0.4, -0.2) is 34.0 Å². The van der Waals surface area contributed by atoms with Crippen molar-refractivity contribution in [3.8, 4) is 5.00 Å². The van der Waals surface area contributed by atoms with Crippen LogP contribution in [0.2, 0.25) is 5.02 Å². The number of fused-ring (bicyclic) bond motifs is 5. The third kappa shape index (κ3) is 3.16. The first kappa shape index (κ1) is 18.7. The van der Waals surface area contributed by atoms with Gasteiger partial charge < -0.3 is 19.7 Å². The molecule has 29 heavy (non-hydrogen) atoms. The predicted molar refractivity (Wildman–Crippen MR) is 118 cm³/mol. The van der Waals surface area contributed by atoms with Gasteiger partial charge in [0.2, 0.25) is 0 Å². The van der Waals surface area contributed by atoms with Gasteiger partial charge in [-0.05, 0) is 50.2 Å². The van der Waals surface area contributed by atoms with Gasteiger partial charge in [0.1, 0.15) is 5.00 Å². The Morgan fingerprint density at radius 1 is 1.17 bits per heavy atom. The van der Waals surface area contributed by atoms with Gasteiger partial charge in [0.15, 0.2) is 0 Å². The maximum atomic E-state index is 13.3. The second kappa shape index (κ2) is 7.20. The number of urea groups is 1. The average molecular weight is 427 g/mol. The molecule has 3 aromatic rings. The minimum atomic E-state index is -0.126. The van der Waals surface area contributed by atoms with Gasteiger partial charge in [0.05, 0.1) is 23.3 Å². The van der Waals surface area contributed by atoms with E-state index in [4.69, 9.17) is 11.6 Å². The van der Waals surface area contributed by atoms with Crippen LogP contribution in [0.3, 0.4) is 0 Å². The minimum absolute atomic E-state index is 0.0472. The zero-order valence-electron chi connectivity index (χ0n) is 16.5. The minimum Gasteiger partial charge on any atom is -0.312 e. The lowest BCUT2D eigenvalue weighted by molar-refractivity contribution is 0.189. The first-order valence-corrected chi connectivity index (χ1v) is 11.0. The van der Waals surface area contributed by atoms with Crippen molar-refractivity contribution in [2.24, 2.45) is 0 Å². The highest BCUT2D eigenvalue weighted by molar-refractivity contribution is 7.15. The van der Waals surface area contributed by atoms with Crippen molar-refractivity contribution in [1.29, 1.82) is 0 Å². The largest absolute Gasteiger partial charge is 0.322 e. The average Bonchev–Trinajstić information content (AvgIpc) is 3.29. The normalized spacial score (nSPS) is 18.6. The number of likely N-dealkylation sites (N-methyl/N-ethyl adjacent to an activating group) is 1. The molecule has 1 aromatic carbocycles. The lowest BCUT2D eigenvalue weighted by Gasteiger charge is -2.29. The van der Waals surface area contributed by atoms with Crippen LogP contribution in [0.15, 0.2) is 42.6 Å². The molecule has 5 nitrogen and oxygen atoms in total. The zero-order chi connectivity index (χ0) is 20.1. The lowest BCUT2D eigenvalue weighted by atomic mass is 10.0. The zero-order valence-corrected chi connectivity index (χ0v) is 18.1. The van der Waals surface area contributed by atoms with Gasteiger partial charge in [0, 0.05) is 35.4 Å². The maximum Gasteiger partial charge on any atom is 0.322 e. The molecule has 0 radical (unpaired) electrons. The third-order valence-corrected chi connectivity index (χ3v) is 7.52. The molecule has 2 aliphatic rings. The predicted octanol–water partition coefficient (Wildman–Crippen LogP) is 5.29. The number of aromatic nitrogens is 1. The summed E-state index contributed by atoms with van der Waals surface area (Å²) in [6.45, 7) is 4.72. The van der Waals surface area contributed by atoms with Crippen LogP contribution in [0.4, 0.5) is 10.5 Å². The molecular weight excluding hydrogens is 404 g/mol. The first-order valence-electron chi connectivity index (χ1n) is 9.84. The van der Waals surface area contributed by atoms with Crippen LogP contribution in [0.25, 0.3) is 5.00 Å². The number of carbonyl (C=O) groups is 1. The number of thiophene rings is 1. The molecule has 2 aliphatic heterocycles. The monoisotopic (exact) mass is 426 g/mol. The molecule has 0 unspecified atom stereocenters. The number of para-hydroxylation sites is 1. The highest BCUT2D eigenvalue weighted by Crippen LogP contribution is 2.41. The molecule has 0 saturated heterocycles. The number of halogens is 1. The second-order valence-corrected chi connectivity index (χ2v) is 9.28. The quantitative estimate of drug-likeness (QED) is 0.574. The molecule has 1 atom stereocenters. The van der Waals surface area contributed by atoms with E-state index in [1.165, 1.54) is 21.0 Å². The van der Waals surface area contributed by atoms with Gasteiger partial charge >= 0.3 is 6.03 Å². The summed E-state index contributed by atoms with van der Waals surface area (Å²) in [5.41, 5.74) is 4.48. The molecule has 2 aromatic heterocycles. The fraction of sp³-hybridized carbons (Fsp3) is 0.318. The Bertz CT molecular complexity index is 1090. The van der Waals surface area contributed by atoms with E-state index in [0.29, 0.717) is 17.3 Å². The van der Waals surface area contributed by atoms with Crippen molar-refractivity contribution in [2.45, 2.75) is 32.5 Å². The molecule has 5 rings (SSSR count). The lowest BCUT2D eigenvalue weighted by Crippen LogP contribution is -2.36. The van der Waals surface area contributed by atoms with Gasteiger partial charge in [-0.25, -0.2) is 4.79 Å². The van der Waals surface area contributed by atoms with Crippen molar-refractivity contribution < 1.29 is 4.79 Å². The van der Waals surface area contributed by atoms with Crippen molar-refractivity contribution in [2.75, 3.05) is 18.9 Å². The highest BCUT2D eigenvalue weighted by Gasteiger charge is 2.33. The molecule has 0 fully saturated rings. The number of carbonyl (C=O) groups excluding carboxylic acids is 1. The number of anilines is 1. The Morgan fingerprint density at radius 3 is 2.83 bits per heavy atom. The van der Waals surface area contributed by atoms with Crippen LogP contribution in [-0.2, 0) is 19.5 Å². The number of rotatable bonds is 1. The fourth-order valence-electron chi connectivity index (χ4n) is 4.32. The summed E-state index contributed by atoms with van der Waals surface area (Å²) in [5, 5.41) is 4.81. The van der Waals surface area contributed by atoms with E-state index >= 15 is 0 Å². The fourth-order valence-corrected chi connectivity index (χ4v) is 5.95. The van der Waals surface area contributed by atoms with Crippen LogP contribution in [0, 0.1) is 0 Å². The molecule has 7 heteroatoms. The molecule has 4 heterocycles. The van der Waals surface area contributed by atoms with E-state index in [9.17, 15) is 4.79 Å². The molecule has 2 amide bonds. The van der Waals surface area contributed by atoms with Crippen molar-refractivity contribution in [1.82, 2.24) is 14.4 Å². The van der Waals surface area contributed by atoms with Gasteiger partial charge in [-0.2, -0.15) is 0 Å². The van der Waals surface area contributed by atoms with Crippen LogP contribution in [0.1, 0.15) is 34.7 Å². The summed E-state index contributed by atoms with van der Waals surface area (Å²) in [6, 6.07) is 11.4. The number of nitrogens with zero attached hydrogens (tertiary/aromatic N) is 3. The first-order chi connectivity index (χ1) is 14.0. The van der Waals surface area contributed by atoms with E-state index in [-0.39, 0.29) is 12.1 Å². The topological polar surface area (TPSA) is 40.5 Å². The van der Waals surface area contributed by atoms with Crippen LogP contribution >= 0.6 is 22.9 Å². The highest BCUT2D eigenvalue weighted by atomic mass is 35.5. The molecule has 1 N–H and O–H groups in total. The molecule has 0 aliphatic carbocycles. The van der Waals surface area contributed by atoms with Crippen LogP contribution in [0.5, 0.6) is 0 Å². The number of amides is 2. The van der Waals surface area contributed by atoms with E-state index in [1.54, 1.807) is 6.07 Å². The van der Waals surface area contributed by atoms with Crippen molar-refractivity contribution >= 4 is 34.7 Å². The summed E-state index contributed by atoms with van der Waals surface area (Å²) < 4.78 is 2.27. The van der Waals surface area contributed by atoms with Gasteiger partial charge in [0.25, 0.3) is 0 Å². The van der Waals surface area contributed by atoms with Gasteiger partial charge in [-0.1, -0.05) is 23.7 Å². The van der Waals surface area contributed by atoms with Gasteiger partial charge in [-0.3, -0.25) is 0 Å². The van der Waals surface area contributed by atoms with Crippen molar-refractivity contribution in [3.63, 3.8) is 0 Å². The molecule has 0 bridgehead atoms. The Kier molecular flexibility index (Phi) is 4.65. The number of benzene rings is 1. The standard InChI is InChI=1S/C22H23ClN4OS/c1-14-19-8-5-10-26(19)21-16(15-9-11-25(2)13-20(15)29-21)12-27(14)22(28)24-18-7-4-3-6-17(18)23/h3-8,10,14H,9,11-13H2,1-2H3,(H,24,28)/t14-/m1/s1.